The molecule has 2 aromatic carbocycles. The lowest BCUT2D eigenvalue weighted by Gasteiger charge is -2.28. The molecule has 94 valence electrons. The molecule has 19 heavy (non-hydrogen) atoms. The normalized spacial score (nSPS) is 14.9. The van der Waals surface area contributed by atoms with Gasteiger partial charge in [0.15, 0.2) is 0 Å². The zero-order chi connectivity index (χ0) is 13.1. The second-order valence-corrected chi connectivity index (χ2v) is 5.18. The van der Waals surface area contributed by atoms with Gasteiger partial charge in [-0.15, -0.1) is 11.8 Å². The van der Waals surface area contributed by atoms with Crippen LogP contribution in [0.5, 0.6) is 0 Å². The van der Waals surface area contributed by atoms with Crippen molar-refractivity contribution < 1.29 is 0 Å². The van der Waals surface area contributed by atoms with E-state index >= 15 is 0 Å². The number of rotatable bonds is 2. The van der Waals surface area contributed by atoms with Crippen LogP contribution in [0.1, 0.15) is 11.1 Å². The van der Waals surface area contributed by atoms with Crippen molar-refractivity contribution in [3.05, 3.63) is 82.6 Å². The van der Waals surface area contributed by atoms with Gasteiger partial charge in [-0.1, -0.05) is 60.7 Å². The fourth-order valence-corrected chi connectivity index (χ4v) is 3.11. The monoisotopic (exact) mass is 265 g/mol. The molecule has 0 saturated heterocycles. The van der Waals surface area contributed by atoms with Crippen LogP contribution in [-0.4, -0.2) is 11.9 Å². The van der Waals surface area contributed by atoms with Gasteiger partial charge >= 0.3 is 0 Å². The molecule has 0 atom stereocenters. The van der Waals surface area contributed by atoms with Gasteiger partial charge in [-0.2, -0.15) is 0 Å². The van der Waals surface area contributed by atoms with Gasteiger partial charge in [0.2, 0.25) is 0 Å². The molecule has 1 nitrogen and oxygen atoms in total. The molecule has 0 saturated carbocycles. The fraction of sp³-hybridized carbons (Fsp3) is 0.0588. The maximum absolute atomic E-state index is 2.25. The second kappa shape index (κ2) is 5.37. The van der Waals surface area contributed by atoms with E-state index < -0.39 is 0 Å². The van der Waals surface area contributed by atoms with Crippen LogP contribution >= 0.6 is 11.8 Å². The molecular weight excluding hydrogens is 250 g/mol. The van der Waals surface area contributed by atoms with Crippen LogP contribution in [0.4, 0.5) is 0 Å². The maximum atomic E-state index is 2.25. The molecule has 2 aromatic rings. The molecule has 1 aliphatic rings. The number of nitrogens with zero attached hydrogens (tertiary/aromatic N) is 1. The van der Waals surface area contributed by atoms with Crippen molar-refractivity contribution >= 4 is 23.2 Å². The van der Waals surface area contributed by atoms with E-state index in [1.165, 1.54) is 22.5 Å². The Morgan fingerprint density at radius 1 is 0.684 bits per heavy atom. The Bertz CT molecular complexity index is 559. The maximum Gasteiger partial charge on any atom is 0.0549 e. The molecule has 2 heteroatoms. The summed E-state index contributed by atoms with van der Waals surface area (Å²) in [7, 11) is 2.12. The highest BCUT2D eigenvalue weighted by molar-refractivity contribution is 8.05. The van der Waals surface area contributed by atoms with E-state index in [1.807, 2.05) is 12.1 Å². The van der Waals surface area contributed by atoms with Crippen molar-refractivity contribution in [2.45, 2.75) is 0 Å². The number of hydrogen-bond donors (Lipinski definition) is 0. The largest absolute Gasteiger partial charge is 0.343 e. The quantitative estimate of drug-likeness (QED) is 0.776. The van der Waals surface area contributed by atoms with E-state index in [9.17, 15) is 0 Å². The third-order valence-electron chi connectivity index (χ3n) is 3.22. The van der Waals surface area contributed by atoms with Crippen LogP contribution in [0, 0.1) is 0 Å². The van der Waals surface area contributed by atoms with Gasteiger partial charge < -0.3 is 4.90 Å². The average molecular weight is 265 g/mol. The Hall–Kier alpha value is -1.93. The van der Waals surface area contributed by atoms with Crippen LogP contribution in [0.2, 0.25) is 0 Å². The molecule has 0 spiro atoms. The van der Waals surface area contributed by atoms with Crippen molar-refractivity contribution in [3.8, 4) is 0 Å². The lowest BCUT2D eigenvalue weighted by Crippen LogP contribution is -2.16. The van der Waals surface area contributed by atoms with Gasteiger partial charge in [0, 0.05) is 7.05 Å². The minimum absolute atomic E-state index is 1.24. The SMILES string of the molecule is CN1C(c2ccccc2)=CSC=C1c1ccccc1. The first kappa shape index (κ1) is 12.1. The Balaban J connectivity index is 1.94. The van der Waals surface area contributed by atoms with Crippen LogP contribution < -0.4 is 0 Å². The van der Waals surface area contributed by atoms with E-state index in [4.69, 9.17) is 0 Å². The van der Waals surface area contributed by atoms with E-state index in [-0.39, 0.29) is 0 Å². The second-order valence-electron chi connectivity index (χ2n) is 4.43. The predicted molar refractivity (Wildman–Crippen MR) is 84.2 cm³/mol. The smallest absolute Gasteiger partial charge is 0.0549 e. The summed E-state index contributed by atoms with van der Waals surface area (Å²) >= 11 is 1.74. The molecule has 0 aliphatic carbocycles. The molecule has 0 unspecified atom stereocenters. The molecule has 1 heterocycles. The van der Waals surface area contributed by atoms with Gasteiger partial charge in [0.1, 0.15) is 0 Å². The molecule has 0 amide bonds. The summed E-state index contributed by atoms with van der Waals surface area (Å²) in [4.78, 5) is 2.25. The van der Waals surface area contributed by atoms with Crippen LogP contribution in [-0.2, 0) is 0 Å². The Morgan fingerprint density at radius 2 is 1.11 bits per heavy atom. The first-order chi connectivity index (χ1) is 9.36. The minimum atomic E-state index is 1.24. The van der Waals surface area contributed by atoms with Crippen LogP contribution in [0.25, 0.3) is 11.4 Å². The lowest BCUT2D eigenvalue weighted by molar-refractivity contribution is 0.685. The van der Waals surface area contributed by atoms with E-state index in [1.54, 1.807) is 11.8 Å². The Morgan fingerprint density at radius 3 is 1.53 bits per heavy atom. The standard InChI is InChI=1S/C17H15NS/c1-18-16(14-8-4-2-5-9-14)12-19-13-17(18)15-10-6-3-7-11-15/h2-13H,1H3. The first-order valence-electron chi connectivity index (χ1n) is 6.26. The predicted octanol–water partition coefficient (Wildman–Crippen LogP) is 4.66. The summed E-state index contributed by atoms with van der Waals surface area (Å²) in [5.41, 5.74) is 4.98. The summed E-state index contributed by atoms with van der Waals surface area (Å²) in [5.74, 6) is 0. The van der Waals surface area contributed by atoms with E-state index in [0.717, 1.165) is 0 Å². The van der Waals surface area contributed by atoms with E-state index in [0.29, 0.717) is 0 Å². The number of benzene rings is 2. The van der Waals surface area contributed by atoms with Crippen molar-refractivity contribution in [1.82, 2.24) is 4.90 Å². The van der Waals surface area contributed by atoms with Gasteiger partial charge in [-0.25, -0.2) is 0 Å². The number of hydrogen-bond acceptors (Lipinski definition) is 2. The minimum Gasteiger partial charge on any atom is -0.343 e. The molecule has 3 rings (SSSR count). The summed E-state index contributed by atoms with van der Waals surface area (Å²) < 4.78 is 0. The van der Waals surface area contributed by atoms with Gasteiger partial charge in [-0.3, -0.25) is 0 Å². The topological polar surface area (TPSA) is 3.24 Å². The van der Waals surface area contributed by atoms with Crippen molar-refractivity contribution in [2.24, 2.45) is 0 Å². The van der Waals surface area contributed by atoms with Crippen molar-refractivity contribution in [1.29, 1.82) is 0 Å². The van der Waals surface area contributed by atoms with Gasteiger partial charge in [0.25, 0.3) is 0 Å². The lowest BCUT2D eigenvalue weighted by atomic mass is 10.1. The van der Waals surface area contributed by atoms with Crippen LogP contribution in [0.15, 0.2) is 71.5 Å². The zero-order valence-corrected chi connectivity index (χ0v) is 11.6. The highest BCUT2D eigenvalue weighted by atomic mass is 32.2. The molecule has 0 bridgehead atoms. The molecular formula is C17H15NS. The average Bonchev–Trinajstić information content (AvgIpc) is 2.49. The first-order valence-corrected chi connectivity index (χ1v) is 7.21. The molecule has 0 N–H and O–H groups in total. The summed E-state index contributed by atoms with van der Waals surface area (Å²) in [6.07, 6.45) is 0. The third-order valence-corrected chi connectivity index (χ3v) is 3.94. The summed E-state index contributed by atoms with van der Waals surface area (Å²) in [6, 6.07) is 21.0. The zero-order valence-electron chi connectivity index (χ0n) is 10.8. The van der Waals surface area contributed by atoms with E-state index in [2.05, 4.69) is 71.3 Å². The van der Waals surface area contributed by atoms with Crippen molar-refractivity contribution in [3.63, 3.8) is 0 Å². The molecule has 1 aliphatic heterocycles. The van der Waals surface area contributed by atoms with Crippen LogP contribution in [0.3, 0.4) is 0 Å². The Kier molecular flexibility index (Phi) is 3.43. The summed E-state index contributed by atoms with van der Waals surface area (Å²) in [6.45, 7) is 0. The summed E-state index contributed by atoms with van der Waals surface area (Å²) in [5, 5.41) is 4.39. The Labute approximate surface area is 118 Å². The highest BCUT2D eigenvalue weighted by Crippen LogP contribution is 2.35. The fourth-order valence-electron chi connectivity index (χ4n) is 2.19. The van der Waals surface area contributed by atoms with Gasteiger partial charge in [0.05, 0.1) is 11.4 Å². The molecule has 0 radical (unpaired) electrons. The molecule has 0 fully saturated rings. The molecule has 0 aromatic heterocycles. The van der Waals surface area contributed by atoms with Gasteiger partial charge in [-0.05, 0) is 21.9 Å². The number of thioether (sulfide) groups is 1. The van der Waals surface area contributed by atoms with Crippen molar-refractivity contribution in [2.75, 3.05) is 7.05 Å². The highest BCUT2D eigenvalue weighted by Gasteiger charge is 2.16. The third kappa shape index (κ3) is 2.45.